The second-order valence-corrected chi connectivity index (χ2v) is 6.73. The number of carbonyl (C=O) groups is 2. The SMILES string of the molecule is CCOc1ccccc1OC1CCN(C(=O)NCCC(=O)N(CC)CC)CC1. The van der Waals surface area contributed by atoms with Crippen LogP contribution in [0.4, 0.5) is 4.79 Å². The molecule has 28 heavy (non-hydrogen) atoms. The number of nitrogens with zero attached hydrogens (tertiary/aromatic N) is 2. The normalized spacial score (nSPS) is 14.5. The van der Waals surface area contributed by atoms with Crippen LogP contribution in [0, 0.1) is 0 Å². The van der Waals surface area contributed by atoms with Gasteiger partial charge in [-0.05, 0) is 32.9 Å². The van der Waals surface area contributed by atoms with Gasteiger partial charge in [0.15, 0.2) is 11.5 Å². The molecule has 0 unspecified atom stereocenters. The fourth-order valence-electron chi connectivity index (χ4n) is 3.30. The van der Waals surface area contributed by atoms with Gasteiger partial charge >= 0.3 is 6.03 Å². The summed E-state index contributed by atoms with van der Waals surface area (Å²) in [7, 11) is 0. The first-order valence-corrected chi connectivity index (χ1v) is 10.3. The minimum absolute atomic E-state index is 0.0647. The van der Waals surface area contributed by atoms with Crippen LogP contribution in [0.25, 0.3) is 0 Å². The molecule has 0 aromatic heterocycles. The molecule has 1 aromatic carbocycles. The van der Waals surface area contributed by atoms with Gasteiger partial charge in [0.1, 0.15) is 6.10 Å². The molecule has 7 nitrogen and oxygen atoms in total. The molecule has 156 valence electrons. The standard InChI is InChI=1S/C21H33N3O4/c1-4-23(5-2)20(25)11-14-22-21(26)24-15-12-17(13-16-24)28-19-10-8-7-9-18(19)27-6-3/h7-10,17H,4-6,11-16H2,1-3H3,(H,22,26). The van der Waals surface area contributed by atoms with Gasteiger partial charge in [0.2, 0.25) is 5.91 Å². The third-order valence-corrected chi connectivity index (χ3v) is 4.90. The molecule has 1 aliphatic rings. The van der Waals surface area contributed by atoms with Gasteiger partial charge < -0.3 is 24.6 Å². The van der Waals surface area contributed by atoms with Gasteiger partial charge in [0.05, 0.1) is 6.61 Å². The monoisotopic (exact) mass is 391 g/mol. The Morgan fingerprint density at radius 3 is 2.36 bits per heavy atom. The minimum Gasteiger partial charge on any atom is -0.490 e. The van der Waals surface area contributed by atoms with Crippen molar-refractivity contribution in [1.82, 2.24) is 15.1 Å². The van der Waals surface area contributed by atoms with Gasteiger partial charge in [-0.15, -0.1) is 0 Å². The Labute approximate surface area is 168 Å². The lowest BCUT2D eigenvalue weighted by Gasteiger charge is -2.32. The number of likely N-dealkylation sites (tertiary alicyclic amines) is 1. The zero-order valence-corrected chi connectivity index (χ0v) is 17.3. The summed E-state index contributed by atoms with van der Waals surface area (Å²) < 4.78 is 11.7. The van der Waals surface area contributed by atoms with Crippen molar-refractivity contribution >= 4 is 11.9 Å². The van der Waals surface area contributed by atoms with E-state index in [2.05, 4.69) is 5.32 Å². The Morgan fingerprint density at radius 2 is 1.75 bits per heavy atom. The van der Waals surface area contributed by atoms with E-state index in [1.54, 1.807) is 9.80 Å². The highest BCUT2D eigenvalue weighted by atomic mass is 16.5. The van der Waals surface area contributed by atoms with E-state index < -0.39 is 0 Å². The summed E-state index contributed by atoms with van der Waals surface area (Å²) in [5.41, 5.74) is 0. The predicted octanol–water partition coefficient (Wildman–Crippen LogP) is 2.90. The number of para-hydroxylation sites is 2. The third-order valence-electron chi connectivity index (χ3n) is 4.90. The number of amides is 3. The van der Waals surface area contributed by atoms with Crippen LogP contribution in [0.1, 0.15) is 40.0 Å². The van der Waals surface area contributed by atoms with E-state index in [1.807, 2.05) is 45.0 Å². The van der Waals surface area contributed by atoms with Crippen LogP contribution < -0.4 is 14.8 Å². The molecule has 1 heterocycles. The molecular weight excluding hydrogens is 358 g/mol. The molecule has 1 aromatic rings. The molecule has 1 N–H and O–H groups in total. The zero-order chi connectivity index (χ0) is 20.4. The largest absolute Gasteiger partial charge is 0.490 e. The highest BCUT2D eigenvalue weighted by Gasteiger charge is 2.24. The van der Waals surface area contributed by atoms with Gasteiger partial charge in [0, 0.05) is 52.0 Å². The van der Waals surface area contributed by atoms with Crippen LogP contribution in [0.3, 0.4) is 0 Å². The highest BCUT2D eigenvalue weighted by Crippen LogP contribution is 2.29. The number of urea groups is 1. The average molecular weight is 392 g/mol. The fraction of sp³-hybridized carbons (Fsp3) is 0.619. The molecular formula is C21H33N3O4. The molecule has 0 bridgehead atoms. The first-order valence-electron chi connectivity index (χ1n) is 10.3. The number of hydrogen-bond acceptors (Lipinski definition) is 4. The molecule has 3 amide bonds. The lowest BCUT2D eigenvalue weighted by molar-refractivity contribution is -0.130. The molecule has 2 rings (SSSR count). The van der Waals surface area contributed by atoms with E-state index in [9.17, 15) is 9.59 Å². The number of piperidine rings is 1. The molecule has 0 saturated carbocycles. The molecule has 0 radical (unpaired) electrons. The number of hydrogen-bond donors (Lipinski definition) is 1. The maximum Gasteiger partial charge on any atom is 0.317 e. The number of nitrogens with one attached hydrogen (secondary N) is 1. The highest BCUT2D eigenvalue weighted by molar-refractivity contribution is 5.78. The molecule has 0 atom stereocenters. The van der Waals surface area contributed by atoms with Crippen molar-refractivity contribution in [2.45, 2.75) is 46.1 Å². The van der Waals surface area contributed by atoms with Gasteiger partial charge in [0.25, 0.3) is 0 Å². The van der Waals surface area contributed by atoms with E-state index in [1.165, 1.54) is 0 Å². The molecule has 1 saturated heterocycles. The Morgan fingerprint density at radius 1 is 1.11 bits per heavy atom. The van der Waals surface area contributed by atoms with E-state index in [0.29, 0.717) is 45.8 Å². The van der Waals surface area contributed by atoms with Gasteiger partial charge in [-0.1, -0.05) is 12.1 Å². The maximum atomic E-state index is 12.3. The fourth-order valence-corrected chi connectivity index (χ4v) is 3.30. The number of benzene rings is 1. The maximum absolute atomic E-state index is 12.3. The van der Waals surface area contributed by atoms with Crippen molar-refractivity contribution in [3.05, 3.63) is 24.3 Å². The quantitative estimate of drug-likeness (QED) is 0.703. The van der Waals surface area contributed by atoms with Crippen LogP contribution in [0.15, 0.2) is 24.3 Å². The Bertz CT molecular complexity index is 626. The smallest absolute Gasteiger partial charge is 0.317 e. The van der Waals surface area contributed by atoms with Crippen molar-refractivity contribution in [3.8, 4) is 11.5 Å². The van der Waals surface area contributed by atoms with Crippen LogP contribution in [0.5, 0.6) is 11.5 Å². The molecule has 7 heteroatoms. The van der Waals surface area contributed by atoms with Gasteiger partial charge in [-0.3, -0.25) is 4.79 Å². The summed E-state index contributed by atoms with van der Waals surface area (Å²) in [6.07, 6.45) is 1.94. The summed E-state index contributed by atoms with van der Waals surface area (Å²) in [5, 5.41) is 2.86. The topological polar surface area (TPSA) is 71.1 Å². The van der Waals surface area contributed by atoms with Crippen molar-refractivity contribution in [2.75, 3.05) is 39.3 Å². The summed E-state index contributed by atoms with van der Waals surface area (Å²) in [6, 6.07) is 7.56. The minimum atomic E-state index is -0.111. The summed E-state index contributed by atoms with van der Waals surface area (Å²) in [6.45, 7) is 9.49. The van der Waals surface area contributed by atoms with Crippen molar-refractivity contribution in [3.63, 3.8) is 0 Å². The van der Waals surface area contributed by atoms with Gasteiger partial charge in [-0.25, -0.2) is 4.79 Å². The summed E-state index contributed by atoms with van der Waals surface area (Å²) >= 11 is 0. The van der Waals surface area contributed by atoms with Crippen molar-refractivity contribution in [2.24, 2.45) is 0 Å². The lowest BCUT2D eigenvalue weighted by Crippen LogP contribution is -2.47. The molecule has 0 spiro atoms. The van der Waals surface area contributed by atoms with Crippen LogP contribution in [0.2, 0.25) is 0 Å². The summed E-state index contributed by atoms with van der Waals surface area (Å²) in [5.74, 6) is 1.58. The number of rotatable bonds is 9. The Hall–Kier alpha value is -2.44. The first kappa shape index (κ1) is 21.9. The first-order chi connectivity index (χ1) is 13.6. The average Bonchev–Trinajstić information content (AvgIpc) is 2.71. The van der Waals surface area contributed by atoms with E-state index in [4.69, 9.17) is 9.47 Å². The number of ether oxygens (including phenoxy) is 2. The predicted molar refractivity (Wildman–Crippen MR) is 109 cm³/mol. The van der Waals surface area contributed by atoms with Gasteiger partial charge in [-0.2, -0.15) is 0 Å². The van der Waals surface area contributed by atoms with E-state index in [0.717, 1.165) is 24.3 Å². The third kappa shape index (κ3) is 6.32. The van der Waals surface area contributed by atoms with Crippen LogP contribution in [-0.2, 0) is 4.79 Å². The van der Waals surface area contributed by atoms with Crippen LogP contribution >= 0.6 is 0 Å². The van der Waals surface area contributed by atoms with E-state index >= 15 is 0 Å². The Kier molecular flexibility index (Phi) is 8.91. The molecule has 1 aliphatic heterocycles. The zero-order valence-electron chi connectivity index (χ0n) is 17.3. The van der Waals surface area contributed by atoms with E-state index in [-0.39, 0.29) is 18.0 Å². The number of carbonyl (C=O) groups excluding carboxylic acids is 2. The molecule has 0 aliphatic carbocycles. The molecule has 1 fully saturated rings. The van der Waals surface area contributed by atoms with Crippen molar-refractivity contribution in [1.29, 1.82) is 0 Å². The lowest BCUT2D eigenvalue weighted by atomic mass is 10.1. The second kappa shape index (κ2) is 11.4. The Balaban J connectivity index is 1.73. The summed E-state index contributed by atoms with van der Waals surface area (Å²) in [4.78, 5) is 27.9. The second-order valence-electron chi connectivity index (χ2n) is 6.73. The van der Waals surface area contributed by atoms with Crippen molar-refractivity contribution < 1.29 is 19.1 Å². The van der Waals surface area contributed by atoms with Crippen LogP contribution in [-0.4, -0.2) is 67.2 Å².